The minimum absolute atomic E-state index is 0.0662. The molecule has 4 heteroatoms. The third-order valence-corrected chi connectivity index (χ3v) is 2.57. The molecule has 0 spiro atoms. The van der Waals surface area contributed by atoms with Crippen LogP contribution in [-0.2, 0) is 11.3 Å². The van der Waals surface area contributed by atoms with Gasteiger partial charge in [0.2, 0.25) is 0 Å². The summed E-state index contributed by atoms with van der Waals surface area (Å²) in [6, 6.07) is 5.39. The summed E-state index contributed by atoms with van der Waals surface area (Å²) in [5, 5.41) is 9.24. The summed E-state index contributed by atoms with van der Waals surface area (Å²) in [6.45, 7) is 3.89. The zero-order valence-electron chi connectivity index (χ0n) is 11.1. The van der Waals surface area contributed by atoms with Crippen molar-refractivity contribution >= 4 is 0 Å². The smallest absolute Gasteiger partial charge is 0.125 e. The molecule has 102 valence electrons. The van der Waals surface area contributed by atoms with Gasteiger partial charge in [0.05, 0.1) is 20.3 Å². The van der Waals surface area contributed by atoms with Crippen molar-refractivity contribution in [2.24, 2.45) is 0 Å². The number of aliphatic hydroxyl groups excluding tert-OH is 1. The van der Waals surface area contributed by atoms with Crippen LogP contribution >= 0.6 is 0 Å². The van der Waals surface area contributed by atoms with Gasteiger partial charge < -0.3 is 19.3 Å². The van der Waals surface area contributed by atoms with Crippen LogP contribution in [0.2, 0.25) is 0 Å². The van der Waals surface area contributed by atoms with E-state index >= 15 is 0 Å². The van der Waals surface area contributed by atoms with Gasteiger partial charge >= 0.3 is 0 Å². The highest BCUT2D eigenvalue weighted by Crippen LogP contribution is 2.24. The molecule has 0 saturated carbocycles. The van der Waals surface area contributed by atoms with Gasteiger partial charge in [0.1, 0.15) is 18.1 Å². The lowest BCUT2D eigenvalue weighted by atomic mass is 10.2. The van der Waals surface area contributed by atoms with E-state index in [1.54, 1.807) is 19.2 Å². The van der Waals surface area contributed by atoms with Gasteiger partial charge in [0, 0.05) is 12.2 Å². The number of hydrogen-bond acceptors (Lipinski definition) is 4. The van der Waals surface area contributed by atoms with E-state index in [4.69, 9.17) is 14.2 Å². The molecule has 4 nitrogen and oxygen atoms in total. The maximum Gasteiger partial charge on any atom is 0.125 e. The molecule has 0 heterocycles. The lowest BCUT2D eigenvalue weighted by Gasteiger charge is -2.11. The van der Waals surface area contributed by atoms with Crippen LogP contribution in [0, 0.1) is 0 Å². The van der Waals surface area contributed by atoms with E-state index < -0.39 is 0 Å². The van der Waals surface area contributed by atoms with Crippen molar-refractivity contribution in [1.82, 2.24) is 0 Å². The number of hydrogen-bond donors (Lipinski definition) is 1. The highest BCUT2D eigenvalue weighted by Gasteiger charge is 2.04. The van der Waals surface area contributed by atoms with Crippen LogP contribution in [0.15, 0.2) is 18.2 Å². The average molecular weight is 254 g/mol. The average Bonchev–Trinajstić information content (AvgIpc) is 2.42. The van der Waals surface area contributed by atoms with Crippen molar-refractivity contribution in [2.75, 3.05) is 26.9 Å². The second-order valence-electron chi connectivity index (χ2n) is 3.95. The van der Waals surface area contributed by atoms with Crippen LogP contribution in [0.3, 0.4) is 0 Å². The van der Waals surface area contributed by atoms with Gasteiger partial charge in [-0.15, -0.1) is 0 Å². The van der Waals surface area contributed by atoms with Gasteiger partial charge in [0.15, 0.2) is 0 Å². The van der Waals surface area contributed by atoms with Crippen molar-refractivity contribution < 1.29 is 19.3 Å². The van der Waals surface area contributed by atoms with Crippen molar-refractivity contribution in [3.63, 3.8) is 0 Å². The Morgan fingerprint density at radius 2 is 2.00 bits per heavy atom. The normalized spacial score (nSPS) is 10.4. The van der Waals surface area contributed by atoms with Crippen molar-refractivity contribution in [3.8, 4) is 11.5 Å². The topological polar surface area (TPSA) is 47.9 Å². The van der Waals surface area contributed by atoms with E-state index in [9.17, 15) is 5.11 Å². The molecule has 0 saturated heterocycles. The second-order valence-corrected chi connectivity index (χ2v) is 3.95. The Balaban J connectivity index is 2.37. The summed E-state index contributed by atoms with van der Waals surface area (Å²) in [5.41, 5.74) is 0.725. The molecule has 0 bridgehead atoms. The lowest BCUT2D eigenvalue weighted by Crippen LogP contribution is -2.08. The third kappa shape index (κ3) is 4.94. The predicted molar refractivity (Wildman–Crippen MR) is 70.1 cm³/mol. The number of methoxy groups -OCH3 is 1. The van der Waals surface area contributed by atoms with E-state index in [1.165, 1.54) is 0 Å². The molecule has 0 radical (unpaired) electrons. The molecule has 1 aromatic carbocycles. The highest BCUT2D eigenvalue weighted by atomic mass is 16.5. The molecule has 1 N–H and O–H groups in total. The number of aliphatic hydroxyl groups is 1. The standard InChI is InChI=1S/C14H22O4/c1-3-4-7-17-8-9-18-14-6-5-13(16-2)10-12(14)11-15/h5-6,10,15H,3-4,7-9,11H2,1-2H3. The molecule has 0 aliphatic carbocycles. The van der Waals surface area contributed by atoms with E-state index in [-0.39, 0.29) is 6.61 Å². The molecule has 0 fully saturated rings. The fraction of sp³-hybridized carbons (Fsp3) is 0.571. The first-order valence-electron chi connectivity index (χ1n) is 6.30. The van der Waals surface area contributed by atoms with Gasteiger partial charge in [-0.05, 0) is 24.6 Å². The van der Waals surface area contributed by atoms with Crippen LogP contribution in [0.25, 0.3) is 0 Å². The largest absolute Gasteiger partial charge is 0.497 e. The fourth-order valence-electron chi connectivity index (χ4n) is 1.51. The summed E-state index contributed by atoms with van der Waals surface area (Å²) < 4.78 is 16.1. The summed E-state index contributed by atoms with van der Waals surface area (Å²) in [5.74, 6) is 1.39. The molecular weight excluding hydrogens is 232 g/mol. The zero-order valence-corrected chi connectivity index (χ0v) is 11.1. The molecule has 0 unspecified atom stereocenters. The molecule has 0 aliphatic rings. The predicted octanol–water partition coefficient (Wildman–Crippen LogP) is 2.38. The molecule has 0 amide bonds. The maximum atomic E-state index is 9.24. The minimum atomic E-state index is -0.0662. The van der Waals surface area contributed by atoms with Crippen LogP contribution in [0.5, 0.6) is 11.5 Å². The molecule has 0 aliphatic heterocycles. The monoisotopic (exact) mass is 254 g/mol. The number of rotatable bonds is 9. The van der Waals surface area contributed by atoms with Crippen LogP contribution < -0.4 is 9.47 Å². The number of unbranched alkanes of at least 4 members (excludes halogenated alkanes) is 1. The Morgan fingerprint density at radius 3 is 2.67 bits per heavy atom. The van der Waals surface area contributed by atoms with E-state index in [0.29, 0.717) is 24.7 Å². The third-order valence-electron chi connectivity index (χ3n) is 2.57. The molecule has 0 aromatic heterocycles. The molecular formula is C14H22O4. The first kappa shape index (κ1) is 14.8. The quantitative estimate of drug-likeness (QED) is 0.687. The Labute approximate surface area is 108 Å². The maximum absolute atomic E-state index is 9.24. The van der Waals surface area contributed by atoms with Crippen molar-refractivity contribution in [2.45, 2.75) is 26.4 Å². The molecule has 1 aromatic rings. The van der Waals surface area contributed by atoms with Crippen molar-refractivity contribution in [3.05, 3.63) is 23.8 Å². The lowest BCUT2D eigenvalue weighted by molar-refractivity contribution is 0.0971. The SMILES string of the molecule is CCCCOCCOc1ccc(OC)cc1CO. The Morgan fingerprint density at radius 1 is 1.17 bits per heavy atom. The summed E-state index contributed by atoms with van der Waals surface area (Å²) in [4.78, 5) is 0. The number of ether oxygens (including phenoxy) is 3. The Bertz CT molecular complexity index is 339. The van der Waals surface area contributed by atoms with E-state index in [0.717, 1.165) is 25.0 Å². The van der Waals surface area contributed by atoms with E-state index in [2.05, 4.69) is 6.92 Å². The zero-order chi connectivity index (χ0) is 13.2. The van der Waals surface area contributed by atoms with E-state index in [1.807, 2.05) is 6.07 Å². The molecule has 18 heavy (non-hydrogen) atoms. The van der Waals surface area contributed by atoms with Crippen molar-refractivity contribution in [1.29, 1.82) is 0 Å². The van der Waals surface area contributed by atoms with Crippen LogP contribution in [0.1, 0.15) is 25.3 Å². The van der Waals surface area contributed by atoms with Crippen LogP contribution in [-0.4, -0.2) is 32.0 Å². The fourth-order valence-corrected chi connectivity index (χ4v) is 1.51. The Hall–Kier alpha value is -1.26. The van der Waals surface area contributed by atoms with Gasteiger partial charge in [-0.3, -0.25) is 0 Å². The van der Waals surface area contributed by atoms with Crippen LogP contribution in [0.4, 0.5) is 0 Å². The van der Waals surface area contributed by atoms with Gasteiger partial charge in [0.25, 0.3) is 0 Å². The second kappa shape index (κ2) is 8.78. The number of benzene rings is 1. The summed E-state index contributed by atoms with van der Waals surface area (Å²) >= 11 is 0. The minimum Gasteiger partial charge on any atom is -0.497 e. The summed E-state index contributed by atoms with van der Waals surface area (Å²) in [7, 11) is 1.60. The molecule has 1 rings (SSSR count). The first-order chi connectivity index (χ1) is 8.81. The van der Waals surface area contributed by atoms with Gasteiger partial charge in [-0.25, -0.2) is 0 Å². The van der Waals surface area contributed by atoms with Gasteiger partial charge in [-0.2, -0.15) is 0 Å². The molecule has 0 atom stereocenters. The Kier molecular flexibility index (Phi) is 7.22. The van der Waals surface area contributed by atoms with Gasteiger partial charge in [-0.1, -0.05) is 13.3 Å². The first-order valence-corrected chi connectivity index (χ1v) is 6.30. The summed E-state index contributed by atoms with van der Waals surface area (Å²) in [6.07, 6.45) is 2.21. The highest BCUT2D eigenvalue weighted by molar-refractivity contribution is 5.39.